The Morgan fingerprint density at radius 3 is 2.85 bits per heavy atom. The smallest absolute Gasteiger partial charge is 0.330 e. The highest BCUT2D eigenvalue weighted by molar-refractivity contribution is 5.81. The average molecular weight is 380 g/mol. The van der Waals surface area contributed by atoms with Crippen molar-refractivity contribution in [3.8, 4) is 0 Å². The summed E-state index contributed by atoms with van der Waals surface area (Å²) in [6.45, 7) is 2.74. The topological polar surface area (TPSA) is 164 Å². The zero-order chi connectivity index (χ0) is 19.6. The van der Waals surface area contributed by atoms with Gasteiger partial charge >= 0.3 is 5.69 Å². The van der Waals surface area contributed by atoms with Crippen LogP contribution < -0.4 is 16.6 Å². The quantitative estimate of drug-likeness (QED) is 0.426. The number of carbonyl (C=O) groups excluding carboxylic acids is 1. The number of nitrogens with zero attached hydrogens (tertiary/aromatic N) is 4. The average Bonchev–Trinajstić information content (AvgIpc) is 3.19. The molecule has 0 unspecified atom stereocenters. The maximum atomic E-state index is 12.4. The van der Waals surface area contributed by atoms with Crippen molar-refractivity contribution in [2.45, 2.75) is 51.0 Å². The summed E-state index contributed by atoms with van der Waals surface area (Å²) in [5, 5.41) is 30.6. The molecule has 146 valence electrons. The standard InChI is InChI=1S/C15H20N6O6/c1-2-4-20-7-17-19-8(20)6-16-13(25)12-10(23)11(24)14(27-12)21-5-3-9(22)18-15(21)26/h3,5,7,10-12,14,23-24H,2,4,6H2,1H3,(H,16,25)(H,18,22,26)/t10-,11+,12-,14+/m0/s1. The van der Waals surface area contributed by atoms with Crippen LogP contribution in [-0.2, 0) is 22.6 Å². The Bertz CT molecular complexity index is 920. The van der Waals surface area contributed by atoms with E-state index in [0.29, 0.717) is 12.4 Å². The van der Waals surface area contributed by atoms with Gasteiger partial charge < -0.3 is 24.8 Å². The molecule has 2 aromatic heterocycles. The van der Waals surface area contributed by atoms with Gasteiger partial charge in [0, 0.05) is 18.8 Å². The van der Waals surface area contributed by atoms with Gasteiger partial charge in [0.1, 0.15) is 18.5 Å². The molecule has 3 rings (SSSR count). The number of hydrogen-bond donors (Lipinski definition) is 4. The van der Waals surface area contributed by atoms with E-state index in [1.807, 2.05) is 11.9 Å². The van der Waals surface area contributed by atoms with Gasteiger partial charge in [-0.25, -0.2) is 4.79 Å². The fourth-order valence-electron chi connectivity index (χ4n) is 2.84. The van der Waals surface area contributed by atoms with E-state index in [9.17, 15) is 24.6 Å². The second-order valence-electron chi connectivity index (χ2n) is 6.10. The summed E-state index contributed by atoms with van der Waals surface area (Å²) in [6, 6.07) is 1.07. The lowest BCUT2D eigenvalue weighted by atomic mass is 10.1. The number of aliphatic hydroxyl groups is 2. The number of rotatable bonds is 6. The Labute approximate surface area is 152 Å². The monoisotopic (exact) mass is 380 g/mol. The number of ether oxygens (including phenoxy) is 1. The van der Waals surface area contributed by atoms with E-state index in [4.69, 9.17) is 4.74 Å². The highest BCUT2D eigenvalue weighted by Crippen LogP contribution is 2.28. The molecule has 0 bridgehead atoms. The van der Waals surface area contributed by atoms with Crippen molar-refractivity contribution in [2.24, 2.45) is 0 Å². The van der Waals surface area contributed by atoms with Gasteiger partial charge in [-0.1, -0.05) is 6.92 Å². The first-order valence-corrected chi connectivity index (χ1v) is 8.39. The summed E-state index contributed by atoms with van der Waals surface area (Å²) in [5.74, 6) is -0.140. The Balaban J connectivity index is 1.69. The molecule has 0 radical (unpaired) electrons. The fourth-order valence-corrected chi connectivity index (χ4v) is 2.84. The number of aromatic nitrogens is 5. The van der Waals surface area contributed by atoms with Crippen LogP contribution in [0, 0.1) is 0 Å². The van der Waals surface area contributed by atoms with Crippen LogP contribution in [0.4, 0.5) is 0 Å². The first-order chi connectivity index (χ1) is 12.9. The van der Waals surface area contributed by atoms with Crippen LogP contribution in [0.3, 0.4) is 0 Å². The van der Waals surface area contributed by atoms with Gasteiger partial charge in [-0.05, 0) is 6.42 Å². The van der Waals surface area contributed by atoms with E-state index in [1.165, 1.54) is 0 Å². The van der Waals surface area contributed by atoms with Gasteiger partial charge in [0.2, 0.25) is 0 Å². The molecule has 0 aliphatic carbocycles. The molecule has 2 aromatic rings. The second-order valence-corrected chi connectivity index (χ2v) is 6.10. The lowest BCUT2D eigenvalue weighted by molar-refractivity contribution is -0.138. The molecule has 0 spiro atoms. The number of amides is 1. The molecule has 12 heteroatoms. The molecule has 1 aliphatic heterocycles. The second kappa shape index (κ2) is 7.82. The highest BCUT2D eigenvalue weighted by atomic mass is 16.6. The fraction of sp³-hybridized carbons (Fsp3) is 0.533. The maximum absolute atomic E-state index is 12.4. The number of aliphatic hydroxyl groups excluding tert-OH is 2. The SMILES string of the molecule is CCCn1cnnc1CNC(=O)[C@H]1O[C@@H](n2ccc(=O)[nH]c2=O)[C@H](O)[C@@H]1O. The van der Waals surface area contributed by atoms with E-state index in [2.05, 4.69) is 15.5 Å². The van der Waals surface area contributed by atoms with E-state index in [1.54, 1.807) is 10.9 Å². The van der Waals surface area contributed by atoms with Crippen molar-refractivity contribution in [1.82, 2.24) is 29.6 Å². The number of nitrogens with one attached hydrogen (secondary N) is 2. The van der Waals surface area contributed by atoms with E-state index < -0.39 is 41.7 Å². The molecule has 1 fully saturated rings. The molecule has 0 aromatic carbocycles. The van der Waals surface area contributed by atoms with E-state index in [0.717, 1.165) is 23.3 Å². The first kappa shape index (κ1) is 18.9. The molecule has 27 heavy (non-hydrogen) atoms. The summed E-state index contributed by atoms with van der Waals surface area (Å²) in [7, 11) is 0. The van der Waals surface area contributed by atoms with Crippen molar-refractivity contribution in [3.63, 3.8) is 0 Å². The third-order valence-electron chi connectivity index (χ3n) is 4.20. The van der Waals surface area contributed by atoms with Gasteiger partial charge in [-0.2, -0.15) is 0 Å². The zero-order valence-corrected chi connectivity index (χ0v) is 14.5. The Morgan fingerprint density at radius 1 is 1.37 bits per heavy atom. The van der Waals surface area contributed by atoms with Crippen LogP contribution in [0.25, 0.3) is 0 Å². The van der Waals surface area contributed by atoms with E-state index >= 15 is 0 Å². The van der Waals surface area contributed by atoms with Gasteiger partial charge in [-0.15, -0.1) is 10.2 Å². The predicted octanol–water partition coefficient (Wildman–Crippen LogP) is -2.53. The number of hydrogen-bond acceptors (Lipinski definition) is 8. The Morgan fingerprint density at radius 2 is 2.15 bits per heavy atom. The van der Waals surface area contributed by atoms with Crippen LogP contribution in [0.1, 0.15) is 25.4 Å². The summed E-state index contributed by atoms with van der Waals surface area (Å²) in [6.07, 6.45) is -2.26. The molecule has 4 N–H and O–H groups in total. The van der Waals surface area contributed by atoms with Crippen molar-refractivity contribution in [2.75, 3.05) is 0 Å². The number of aryl methyl sites for hydroxylation is 1. The normalized spacial score (nSPS) is 24.9. The molecule has 1 aliphatic rings. The minimum Gasteiger partial charge on any atom is -0.387 e. The predicted molar refractivity (Wildman–Crippen MR) is 89.4 cm³/mol. The molecular formula is C15H20N6O6. The van der Waals surface area contributed by atoms with Crippen molar-refractivity contribution in [1.29, 1.82) is 0 Å². The van der Waals surface area contributed by atoms with Gasteiger partial charge in [0.05, 0.1) is 6.54 Å². The molecule has 12 nitrogen and oxygen atoms in total. The summed E-state index contributed by atoms with van der Waals surface area (Å²) in [4.78, 5) is 37.4. The molecule has 1 amide bonds. The lowest BCUT2D eigenvalue weighted by Gasteiger charge is -2.16. The van der Waals surface area contributed by atoms with Gasteiger partial charge in [0.25, 0.3) is 11.5 Å². The van der Waals surface area contributed by atoms with Crippen molar-refractivity contribution >= 4 is 5.91 Å². The molecule has 3 heterocycles. The summed E-state index contributed by atoms with van der Waals surface area (Å²) >= 11 is 0. The van der Waals surface area contributed by atoms with Crippen molar-refractivity contribution < 1.29 is 19.7 Å². The number of aromatic amines is 1. The molecule has 1 saturated heterocycles. The number of carbonyl (C=O) groups is 1. The third kappa shape index (κ3) is 3.82. The largest absolute Gasteiger partial charge is 0.387 e. The Kier molecular flexibility index (Phi) is 5.48. The zero-order valence-electron chi connectivity index (χ0n) is 14.5. The third-order valence-corrected chi connectivity index (χ3v) is 4.20. The van der Waals surface area contributed by atoms with E-state index in [-0.39, 0.29) is 6.54 Å². The maximum Gasteiger partial charge on any atom is 0.330 e. The van der Waals surface area contributed by atoms with Gasteiger partial charge in [0.15, 0.2) is 18.2 Å². The summed E-state index contributed by atoms with van der Waals surface area (Å²) in [5.41, 5.74) is -1.44. The van der Waals surface area contributed by atoms with Crippen LogP contribution in [0.5, 0.6) is 0 Å². The molecular weight excluding hydrogens is 360 g/mol. The first-order valence-electron chi connectivity index (χ1n) is 8.39. The molecule has 0 saturated carbocycles. The Hall–Kier alpha value is -2.83. The minimum atomic E-state index is -1.55. The lowest BCUT2D eigenvalue weighted by Crippen LogP contribution is -2.42. The van der Waals surface area contributed by atoms with Crippen LogP contribution in [-0.4, -0.2) is 58.7 Å². The number of H-pyrrole nitrogens is 1. The van der Waals surface area contributed by atoms with Crippen LogP contribution in [0.15, 0.2) is 28.2 Å². The van der Waals surface area contributed by atoms with Crippen molar-refractivity contribution in [3.05, 3.63) is 45.3 Å². The van der Waals surface area contributed by atoms with Gasteiger partial charge in [-0.3, -0.25) is 19.1 Å². The van der Waals surface area contributed by atoms with Crippen LogP contribution in [0.2, 0.25) is 0 Å². The highest BCUT2D eigenvalue weighted by Gasteiger charge is 2.47. The minimum absolute atomic E-state index is 0.0603. The molecule has 4 atom stereocenters. The summed E-state index contributed by atoms with van der Waals surface area (Å²) < 4.78 is 8.07. The van der Waals surface area contributed by atoms with Crippen LogP contribution >= 0.6 is 0 Å².